The molecule has 3 heterocycles. The van der Waals surface area contributed by atoms with Crippen LogP contribution in [0.2, 0.25) is 0 Å². The Morgan fingerprint density at radius 2 is 2.20 bits per heavy atom. The molecule has 2 amide bonds. The third kappa shape index (κ3) is 3.99. The molecule has 0 aromatic carbocycles. The maximum atomic E-state index is 12.6. The molecule has 25 heavy (non-hydrogen) atoms. The van der Waals surface area contributed by atoms with E-state index in [1.165, 1.54) is 0 Å². The molecule has 1 saturated heterocycles. The summed E-state index contributed by atoms with van der Waals surface area (Å²) in [5.41, 5.74) is 0.949. The molecular weight excluding hydrogens is 318 g/mol. The van der Waals surface area contributed by atoms with Gasteiger partial charge in [0.15, 0.2) is 0 Å². The number of imidazole rings is 1. The highest BCUT2D eigenvalue weighted by Gasteiger charge is 2.27. The second kappa shape index (κ2) is 7.65. The van der Waals surface area contributed by atoms with Crippen molar-refractivity contribution >= 4 is 6.03 Å². The van der Waals surface area contributed by atoms with E-state index in [9.17, 15) is 4.79 Å². The minimum absolute atomic E-state index is 0.0620. The van der Waals surface area contributed by atoms with Gasteiger partial charge in [-0.1, -0.05) is 13.0 Å². The Balaban J connectivity index is 1.68. The summed E-state index contributed by atoms with van der Waals surface area (Å²) >= 11 is 0. The molecule has 0 saturated carbocycles. The average Bonchev–Trinajstić information content (AvgIpc) is 3.05. The van der Waals surface area contributed by atoms with Gasteiger partial charge in [0.05, 0.1) is 12.2 Å². The van der Waals surface area contributed by atoms with E-state index < -0.39 is 0 Å². The number of amides is 2. The summed E-state index contributed by atoms with van der Waals surface area (Å²) in [5, 5.41) is 3.01. The smallest absolute Gasteiger partial charge is 0.317 e. The highest BCUT2D eigenvalue weighted by atomic mass is 16.5. The molecule has 0 spiro atoms. The lowest BCUT2D eigenvalue weighted by Crippen LogP contribution is -2.52. The molecule has 2 aromatic rings. The van der Waals surface area contributed by atoms with Crippen LogP contribution in [-0.2, 0) is 11.3 Å². The van der Waals surface area contributed by atoms with Crippen LogP contribution in [0.4, 0.5) is 4.79 Å². The van der Waals surface area contributed by atoms with Crippen LogP contribution in [0.15, 0.2) is 30.7 Å². The summed E-state index contributed by atoms with van der Waals surface area (Å²) < 4.78 is 7.74. The monoisotopic (exact) mass is 343 g/mol. The Hall–Kier alpha value is -2.41. The number of aryl methyl sites for hydroxylation is 1. The highest BCUT2D eigenvalue weighted by Crippen LogP contribution is 2.15. The standard InChI is InChI=1S/C18H25N5O2/c1-4-16-12-22(11-13(2)25-16)18(24)21-10-15-6-5-7-20-17(15)23-9-8-19-14(23)3/h5-9,13,16H,4,10-12H2,1-3H3,(H,21,24)/t13-,16-/m1/s1. The first kappa shape index (κ1) is 17.4. The summed E-state index contributed by atoms with van der Waals surface area (Å²) in [4.78, 5) is 23.1. The van der Waals surface area contributed by atoms with Crippen LogP contribution in [0.3, 0.4) is 0 Å². The lowest BCUT2D eigenvalue weighted by molar-refractivity contribution is -0.0646. The molecule has 1 aliphatic heterocycles. The summed E-state index contributed by atoms with van der Waals surface area (Å²) in [6.07, 6.45) is 6.44. The van der Waals surface area contributed by atoms with Crippen molar-refractivity contribution in [2.24, 2.45) is 0 Å². The van der Waals surface area contributed by atoms with Gasteiger partial charge in [-0.25, -0.2) is 14.8 Å². The first-order chi connectivity index (χ1) is 12.1. The molecule has 3 rings (SSSR count). The number of aromatic nitrogens is 3. The van der Waals surface area contributed by atoms with Crippen molar-refractivity contribution < 1.29 is 9.53 Å². The first-order valence-electron chi connectivity index (χ1n) is 8.71. The molecular formula is C18H25N5O2. The lowest BCUT2D eigenvalue weighted by atomic mass is 10.2. The van der Waals surface area contributed by atoms with E-state index in [4.69, 9.17) is 4.74 Å². The molecule has 1 fully saturated rings. The van der Waals surface area contributed by atoms with Crippen LogP contribution in [0.25, 0.3) is 5.82 Å². The molecule has 0 bridgehead atoms. The fourth-order valence-corrected chi connectivity index (χ4v) is 3.11. The van der Waals surface area contributed by atoms with Crippen LogP contribution in [0.5, 0.6) is 0 Å². The number of morpholine rings is 1. The maximum Gasteiger partial charge on any atom is 0.317 e. The van der Waals surface area contributed by atoms with Gasteiger partial charge in [-0.05, 0) is 26.3 Å². The van der Waals surface area contributed by atoms with Crippen molar-refractivity contribution in [1.82, 2.24) is 24.8 Å². The minimum Gasteiger partial charge on any atom is -0.372 e. The molecule has 134 valence electrons. The van der Waals surface area contributed by atoms with Crippen molar-refractivity contribution in [1.29, 1.82) is 0 Å². The Morgan fingerprint density at radius 1 is 1.36 bits per heavy atom. The number of ether oxygens (including phenoxy) is 1. The zero-order valence-electron chi connectivity index (χ0n) is 15.0. The Bertz CT molecular complexity index is 730. The Kier molecular flexibility index (Phi) is 5.33. The van der Waals surface area contributed by atoms with Gasteiger partial charge in [0.2, 0.25) is 0 Å². The molecule has 0 unspecified atom stereocenters. The number of hydrogen-bond acceptors (Lipinski definition) is 4. The molecule has 0 aliphatic carbocycles. The van der Waals surface area contributed by atoms with Gasteiger partial charge in [-0.15, -0.1) is 0 Å². The van der Waals surface area contributed by atoms with Crippen molar-refractivity contribution in [3.63, 3.8) is 0 Å². The molecule has 2 aromatic heterocycles. The number of carbonyl (C=O) groups excluding carboxylic acids is 1. The largest absolute Gasteiger partial charge is 0.372 e. The third-order valence-electron chi connectivity index (χ3n) is 4.42. The number of urea groups is 1. The van der Waals surface area contributed by atoms with E-state index >= 15 is 0 Å². The predicted octanol–water partition coefficient (Wildman–Crippen LogP) is 2.28. The van der Waals surface area contributed by atoms with Gasteiger partial charge in [-0.3, -0.25) is 4.57 Å². The van der Waals surface area contributed by atoms with Crippen LogP contribution in [0.1, 0.15) is 31.7 Å². The Labute approximate surface area is 148 Å². The summed E-state index contributed by atoms with van der Waals surface area (Å²) in [7, 11) is 0. The van der Waals surface area contributed by atoms with E-state index in [1.54, 1.807) is 12.4 Å². The van der Waals surface area contributed by atoms with Crippen LogP contribution in [-0.4, -0.2) is 50.8 Å². The van der Waals surface area contributed by atoms with Gasteiger partial charge < -0.3 is 15.0 Å². The van der Waals surface area contributed by atoms with Gasteiger partial charge in [0.1, 0.15) is 11.6 Å². The zero-order chi connectivity index (χ0) is 17.8. The normalized spacial score (nSPS) is 20.5. The minimum atomic E-state index is -0.0641. The lowest BCUT2D eigenvalue weighted by Gasteiger charge is -2.36. The summed E-state index contributed by atoms with van der Waals surface area (Å²) in [6, 6.07) is 3.78. The predicted molar refractivity (Wildman–Crippen MR) is 94.5 cm³/mol. The second-order valence-corrected chi connectivity index (χ2v) is 6.37. The van der Waals surface area contributed by atoms with Crippen molar-refractivity contribution in [3.8, 4) is 5.82 Å². The second-order valence-electron chi connectivity index (χ2n) is 6.37. The van der Waals surface area contributed by atoms with Crippen LogP contribution >= 0.6 is 0 Å². The maximum absolute atomic E-state index is 12.6. The molecule has 0 radical (unpaired) electrons. The average molecular weight is 343 g/mol. The highest BCUT2D eigenvalue weighted by molar-refractivity contribution is 5.74. The van der Waals surface area contributed by atoms with Crippen molar-refractivity contribution in [2.45, 2.75) is 45.9 Å². The number of rotatable bonds is 4. The molecule has 2 atom stereocenters. The van der Waals surface area contributed by atoms with E-state index in [1.807, 2.05) is 41.6 Å². The summed E-state index contributed by atoms with van der Waals surface area (Å²) in [5.74, 6) is 1.65. The number of pyridine rings is 1. The van der Waals surface area contributed by atoms with Crippen LogP contribution in [0, 0.1) is 6.92 Å². The van der Waals surface area contributed by atoms with Crippen LogP contribution < -0.4 is 5.32 Å². The molecule has 1 N–H and O–H groups in total. The van der Waals surface area contributed by atoms with Gasteiger partial charge >= 0.3 is 6.03 Å². The first-order valence-corrected chi connectivity index (χ1v) is 8.71. The number of carbonyl (C=O) groups is 1. The summed E-state index contributed by atoms with van der Waals surface area (Å²) in [6.45, 7) is 7.67. The Morgan fingerprint density at radius 3 is 2.92 bits per heavy atom. The fourth-order valence-electron chi connectivity index (χ4n) is 3.11. The third-order valence-corrected chi connectivity index (χ3v) is 4.42. The van der Waals surface area contributed by atoms with Crippen molar-refractivity contribution in [3.05, 3.63) is 42.1 Å². The number of nitrogens with zero attached hydrogens (tertiary/aromatic N) is 4. The van der Waals surface area contributed by atoms with Gasteiger partial charge in [0, 0.05) is 43.8 Å². The van der Waals surface area contributed by atoms with Gasteiger partial charge in [-0.2, -0.15) is 0 Å². The molecule has 7 heteroatoms. The quantitative estimate of drug-likeness (QED) is 0.924. The van der Waals surface area contributed by atoms with E-state index in [2.05, 4.69) is 22.2 Å². The fraction of sp³-hybridized carbons (Fsp3) is 0.500. The van der Waals surface area contributed by atoms with Gasteiger partial charge in [0.25, 0.3) is 0 Å². The SMILES string of the molecule is CC[C@@H]1CN(C(=O)NCc2cccnc2-n2ccnc2C)C[C@@H](C)O1. The van der Waals surface area contributed by atoms with Crippen molar-refractivity contribution in [2.75, 3.05) is 13.1 Å². The van der Waals surface area contributed by atoms with E-state index in [0.29, 0.717) is 19.6 Å². The number of hydrogen-bond donors (Lipinski definition) is 1. The van der Waals surface area contributed by atoms with E-state index in [0.717, 1.165) is 23.6 Å². The molecule has 7 nitrogen and oxygen atoms in total. The topological polar surface area (TPSA) is 72.3 Å². The van der Waals surface area contributed by atoms with E-state index in [-0.39, 0.29) is 18.2 Å². The number of nitrogens with one attached hydrogen (secondary N) is 1. The zero-order valence-corrected chi connectivity index (χ0v) is 15.0. The molecule has 1 aliphatic rings.